The van der Waals surface area contributed by atoms with Crippen LogP contribution in [0.1, 0.15) is 101 Å². The normalized spacial score (nSPS) is 15.8. The van der Waals surface area contributed by atoms with Gasteiger partial charge >= 0.3 is 0 Å². The third kappa shape index (κ3) is 14.8. The van der Waals surface area contributed by atoms with E-state index in [-0.39, 0.29) is 0 Å². The Hall–Kier alpha value is -0.820. The molecule has 0 saturated carbocycles. The second-order valence-electron chi connectivity index (χ2n) is 6.05. The molecule has 0 aliphatic rings. The van der Waals surface area contributed by atoms with Crippen LogP contribution >= 0.6 is 0 Å². The summed E-state index contributed by atoms with van der Waals surface area (Å²) in [6.07, 6.45) is 14.0. The number of hydrogen-bond acceptors (Lipinski definition) is 1. The molecule has 1 heteroatoms. The maximum atomic E-state index is 10.4. The molecule has 0 fully saturated rings. The molecule has 0 spiro atoms. The summed E-state index contributed by atoms with van der Waals surface area (Å²) in [5, 5.41) is 10.4. The van der Waals surface area contributed by atoms with E-state index in [9.17, 15) is 5.11 Å². The van der Waals surface area contributed by atoms with Gasteiger partial charge in [-0.15, -0.1) is 0 Å². The van der Waals surface area contributed by atoms with Crippen LogP contribution < -0.4 is 0 Å². The maximum absolute atomic E-state index is 10.4. The van der Waals surface area contributed by atoms with Gasteiger partial charge < -0.3 is 5.11 Å². The van der Waals surface area contributed by atoms with E-state index >= 15 is 0 Å². The average Bonchev–Trinajstić information content (AvgIpc) is 2.62. The summed E-state index contributed by atoms with van der Waals surface area (Å²) in [6, 6.07) is 0. The Morgan fingerprint density at radius 1 is 1.00 bits per heavy atom. The third-order valence-corrected chi connectivity index (χ3v) is 4.15. The monoisotopic (exact) mass is 338 g/mol. The summed E-state index contributed by atoms with van der Waals surface area (Å²) >= 11 is 0. The first kappa shape index (κ1) is 28.0. The van der Waals surface area contributed by atoms with Crippen molar-refractivity contribution in [2.75, 3.05) is 0 Å². The minimum Gasteiger partial charge on any atom is -0.390 e. The Labute approximate surface area is 154 Å². The van der Waals surface area contributed by atoms with Crippen molar-refractivity contribution in [1.82, 2.24) is 0 Å². The molecule has 2 unspecified atom stereocenters. The van der Waals surface area contributed by atoms with Crippen LogP contribution in [0.4, 0.5) is 0 Å². The first-order chi connectivity index (χ1) is 11.4. The van der Waals surface area contributed by atoms with Gasteiger partial charge in [0.2, 0.25) is 0 Å². The first-order valence-corrected chi connectivity index (χ1v) is 10.1. The zero-order valence-corrected chi connectivity index (χ0v) is 18.4. The van der Waals surface area contributed by atoms with Gasteiger partial charge in [0.25, 0.3) is 0 Å². The predicted molar refractivity (Wildman–Crippen MR) is 114 cm³/mol. The molecule has 0 saturated heterocycles. The SMILES string of the molecule is CC.CC.C\C=C(C)/C=C\C(=C/C)C(CCCC)CC(C)(O)CC. The van der Waals surface area contributed by atoms with E-state index in [4.69, 9.17) is 0 Å². The number of allylic oxidation sites excluding steroid dienone is 6. The predicted octanol–water partition coefficient (Wildman–Crippen LogP) is 7.87. The van der Waals surface area contributed by atoms with E-state index in [1.807, 2.05) is 34.6 Å². The van der Waals surface area contributed by atoms with Crippen molar-refractivity contribution in [3.63, 3.8) is 0 Å². The van der Waals surface area contributed by atoms with Crippen molar-refractivity contribution in [2.24, 2.45) is 5.92 Å². The number of hydrogen-bond donors (Lipinski definition) is 1. The summed E-state index contributed by atoms with van der Waals surface area (Å²) in [7, 11) is 0. The molecule has 0 aromatic rings. The van der Waals surface area contributed by atoms with Crippen LogP contribution in [0.2, 0.25) is 0 Å². The molecular weight excluding hydrogens is 292 g/mol. The molecule has 24 heavy (non-hydrogen) atoms. The lowest BCUT2D eigenvalue weighted by molar-refractivity contribution is 0.0336. The summed E-state index contributed by atoms with van der Waals surface area (Å²) in [5.41, 5.74) is 2.07. The van der Waals surface area contributed by atoms with Crippen LogP contribution in [-0.4, -0.2) is 10.7 Å². The standard InChI is InChI=1S/C19H34O.2C2H6/c1-7-11-12-18(15-19(6,20)10-4)17(9-3)14-13-16(5)8-2;2*1-2/h8-9,13-14,18,20H,7,10-12,15H2,1-6H3;2*1-2H3/b14-13-,16-8-,17-9+;;. The molecule has 0 bridgehead atoms. The topological polar surface area (TPSA) is 20.2 Å². The minimum atomic E-state index is -0.559. The second-order valence-corrected chi connectivity index (χ2v) is 6.05. The van der Waals surface area contributed by atoms with E-state index in [0.29, 0.717) is 5.92 Å². The number of aliphatic hydroxyl groups is 1. The van der Waals surface area contributed by atoms with Crippen molar-refractivity contribution in [3.05, 3.63) is 35.5 Å². The van der Waals surface area contributed by atoms with E-state index in [1.54, 1.807) is 0 Å². The molecule has 0 aromatic carbocycles. The molecule has 144 valence electrons. The van der Waals surface area contributed by atoms with Gasteiger partial charge in [-0.3, -0.25) is 0 Å². The van der Waals surface area contributed by atoms with Crippen LogP contribution in [0.5, 0.6) is 0 Å². The largest absolute Gasteiger partial charge is 0.390 e. The second kappa shape index (κ2) is 18.5. The minimum absolute atomic E-state index is 0.454. The van der Waals surface area contributed by atoms with Crippen molar-refractivity contribution in [3.8, 4) is 0 Å². The van der Waals surface area contributed by atoms with Crippen molar-refractivity contribution in [2.45, 2.75) is 107 Å². The molecule has 0 radical (unpaired) electrons. The smallest absolute Gasteiger partial charge is 0.0623 e. The lowest BCUT2D eigenvalue weighted by Crippen LogP contribution is -2.27. The zero-order valence-electron chi connectivity index (χ0n) is 18.4. The molecule has 1 N–H and O–H groups in total. The van der Waals surface area contributed by atoms with Gasteiger partial charge in [0.15, 0.2) is 0 Å². The molecular formula is C23H46O. The van der Waals surface area contributed by atoms with Crippen molar-refractivity contribution < 1.29 is 5.11 Å². The highest BCUT2D eigenvalue weighted by molar-refractivity contribution is 5.28. The fourth-order valence-electron chi connectivity index (χ4n) is 2.30. The summed E-state index contributed by atoms with van der Waals surface area (Å²) in [4.78, 5) is 0. The average molecular weight is 339 g/mol. The van der Waals surface area contributed by atoms with Gasteiger partial charge in [0, 0.05) is 0 Å². The highest BCUT2D eigenvalue weighted by Crippen LogP contribution is 2.30. The van der Waals surface area contributed by atoms with Crippen LogP contribution in [0, 0.1) is 5.92 Å². The molecule has 1 nitrogen and oxygen atoms in total. The molecule has 0 aliphatic heterocycles. The van der Waals surface area contributed by atoms with Gasteiger partial charge in [0.1, 0.15) is 0 Å². The molecule has 0 heterocycles. The van der Waals surface area contributed by atoms with Crippen LogP contribution in [0.15, 0.2) is 35.5 Å². The fraction of sp³-hybridized carbons (Fsp3) is 0.739. The number of unbranched alkanes of at least 4 members (excludes halogenated alkanes) is 1. The third-order valence-electron chi connectivity index (χ3n) is 4.15. The van der Waals surface area contributed by atoms with Gasteiger partial charge in [-0.05, 0) is 58.4 Å². The zero-order chi connectivity index (χ0) is 19.6. The lowest BCUT2D eigenvalue weighted by atomic mass is 9.82. The van der Waals surface area contributed by atoms with Gasteiger partial charge in [0.05, 0.1) is 5.60 Å². The van der Waals surface area contributed by atoms with Crippen LogP contribution in [-0.2, 0) is 0 Å². The summed E-state index contributed by atoms with van der Waals surface area (Å²) in [6.45, 7) is 20.5. The van der Waals surface area contributed by atoms with E-state index in [1.165, 1.54) is 24.0 Å². The molecule has 0 aromatic heterocycles. The van der Waals surface area contributed by atoms with Gasteiger partial charge in [-0.2, -0.15) is 0 Å². The molecule has 0 aliphatic carbocycles. The number of rotatable bonds is 9. The Kier molecular flexibility index (Phi) is 21.6. The Balaban J connectivity index is -0.00000102. The molecule has 0 amide bonds. The quantitative estimate of drug-likeness (QED) is 0.424. The van der Waals surface area contributed by atoms with E-state index in [2.05, 4.69) is 58.9 Å². The van der Waals surface area contributed by atoms with Crippen LogP contribution in [0.25, 0.3) is 0 Å². The van der Waals surface area contributed by atoms with Crippen LogP contribution in [0.3, 0.4) is 0 Å². The van der Waals surface area contributed by atoms with Crippen molar-refractivity contribution in [1.29, 1.82) is 0 Å². The maximum Gasteiger partial charge on any atom is 0.0623 e. The molecule has 2 atom stereocenters. The fourth-order valence-corrected chi connectivity index (χ4v) is 2.30. The Morgan fingerprint density at radius 2 is 1.54 bits per heavy atom. The van der Waals surface area contributed by atoms with E-state index < -0.39 is 5.60 Å². The lowest BCUT2D eigenvalue weighted by Gasteiger charge is -2.28. The van der Waals surface area contributed by atoms with E-state index in [0.717, 1.165) is 19.3 Å². The van der Waals surface area contributed by atoms with Gasteiger partial charge in [-0.25, -0.2) is 0 Å². The molecule has 0 rings (SSSR count). The highest BCUT2D eigenvalue weighted by atomic mass is 16.3. The first-order valence-electron chi connectivity index (χ1n) is 10.1. The Bertz CT molecular complexity index is 345. The van der Waals surface area contributed by atoms with Crippen molar-refractivity contribution >= 4 is 0 Å². The summed E-state index contributed by atoms with van der Waals surface area (Å²) in [5.74, 6) is 0.454. The summed E-state index contributed by atoms with van der Waals surface area (Å²) < 4.78 is 0. The Morgan fingerprint density at radius 3 is 1.92 bits per heavy atom. The highest BCUT2D eigenvalue weighted by Gasteiger charge is 2.24. The van der Waals surface area contributed by atoms with Gasteiger partial charge in [-0.1, -0.05) is 84.3 Å².